The Morgan fingerprint density at radius 2 is 1.58 bits per heavy atom. The van der Waals surface area contributed by atoms with Gasteiger partial charge in [0.25, 0.3) is 0 Å². The van der Waals surface area contributed by atoms with Gasteiger partial charge >= 0.3 is 11.9 Å². The number of esters is 2. The van der Waals surface area contributed by atoms with Crippen LogP contribution in [-0.4, -0.2) is 37.4 Å². The summed E-state index contributed by atoms with van der Waals surface area (Å²) in [5.74, 6) is -2.02. The van der Waals surface area contributed by atoms with Crippen molar-refractivity contribution in [2.75, 3.05) is 13.2 Å². The molecule has 0 aromatic heterocycles. The summed E-state index contributed by atoms with van der Waals surface area (Å²) in [6.07, 6.45) is 1.15. The monoisotopic (exact) mass is 272 g/mol. The minimum atomic E-state index is -0.870. The van der Waals surface area contributed by atoms with Crippen LogP contribution in [0.5, 0.6) is 0 Å². The van der Waals surface area contributed by atoms with E-state index in [1.165, 1.54) is 0 Å². The Morgan fingerprint density at radius 3 is 1.95 bits per heavy atom. The second-order valence-electron chi connectivity index (χ2n) is 5.43. The Labute approximate surface area is 114 Å². The van der Waals surface area contributed by atoms with Gasteiger partial charge in [0.2, 0.25) is 0 Å². The summed E-state index contributed by atoms with van der Waals surface area (Å²) < 4.78 is 15.7. The molecule has 5 heteroatoms. The number of carbonyl (C=O) groups excluding carboxylic acids is 2. The zero-order chi connectivity index (χ0) is 14.4. The topological polar surface area (TPSA) is 61.8 Å². The quantitative estimate of drug-likeness (QED) is 0.565. The molecular weight excluding hydrogens is 248 g/mol. The predicted molar refractivity (Wildman–Crippen MR) is 69.5 cm³/mol. The van der Waals surface area contributed by atoms with Gasteiger partial charge in [0.05, 0.1) is 18.8 Å². The van der Waals surface area contributed by atoms with E-state index in [1.807, 2.05) is 0 Å². The summed E-state index contributed by atoms with van der Waals surface area (Å²) in [5.41, 5.74) is 0. The van der Waals surface area contributed by atoms with Crippen molar-refractivity contribution < 1.29 is 23.8 Å². The van der Waals surface area contributed by atoms with Crippen molar-refractivity contribution in [1.29, 1.82) is 0 Å². The van der Waals surface area contributed by atoms with Crippen molar-refractivity contribution in [1.82, 2.24) is 0 Å². The Morgan fingerprint density at radius 1 is 1.05 bits per heavy atom. The third kappa shape index (κ3) is 5.19. The molecule has 1 saturated heterocycles. The molecule has 0 N–H and O–H groups in total. The Balaban J connectivity index is 2.76. The lowest BCUT2D eigenvalue weighted by atomic mass is 9.87. The summed E-state index contributed by atoms with van der Waals surface area (Å²) in [4.78, 5) is 24.2. The molecule has 0 amide bonds. The molecule has 0 spiro atoms. The second kappa shape index (κ2) is 7.48. The standard InChI is InChI=1S/C14H24O5/c1-9(2)18-13(15)12(14(16)19-10(3)4)11-6-5-7-17-8-11/h9-12H,5-8H2,1-4H3. The first-order chi connectivity index (χ1) is 8.91. The second-order valence-corrected chi connectivity index (χ2v) is 5.43. The third-order valence-corrected chi connectivity index (χ3v) is 2.88. The van der Waals surface area contributed by atoms with Crippen molar-refractivity contribution in [2.45, 2.75) is 52.7 Å². The molecule has 1 unspecified atom stereocenters. The highest BCUT2D eigenvalue weighted by Crippen LogP contribution is 2.25. The predicted octanol–water partition coefficient (Wildman–Crippen LogP) is 1.93. The molecule has 19 heavy (non-hydrogen) atoms. The largest absolute Gasteiger partial charge is 0.462 e. The van der Waals surface area contributed by atoms with E-state index in [0.29, 0.717) is 13.2 Å². The average molecular weight is 272 g/mol. The summed E-state index contributed by atoms with van der Waals surface area (Å²) in [6, 6.07) is 0. The molecule has 1 heterocycles. The molecule has 110 valence electrons. The van der Waals surface area contributed by atoms with Crippen molar-refractivity contribution in [3.63, 3.8) is 0 Å². The van der Waals surface area contributed by atoms with Crippen LogP contribution in [0.4, 0.5) is 0 Å². The van der Waals surface area contributed by atoms with Crippen molar-refractivity contribution >= 4 is 11.9 Å². The molecule has 0 aromatic carbocycles. The van der Waals surface area contributed by atoms with Crippen molar-refractivity contribution in [3.05, 3.63) is 0 Å². The fourth-order valence-electron chi connectivity index (χ4n) is 2.12. The van der Waals surface area contributed by atoms with Crippen LogP contribution in [0.3, 0.4) is 0 Å². The fourth-order valence-corrected chi connectivity index (χ4v) is 2.12. The van der Waals surface area contributed by atoms with Gasteiger partial charge in [-0.15, -0.1) is 0 Å². The molecule has 0 bridgehead atoms. The van der Waals surface area contributed by atoms with Crippen molar-refractivity contribution in [2.24, 2.45) is 11.8 Å². The molecule has 1 aliphatic rings. The van der Waals surface area contributed by atoms with Crippen LogP contribution in [0.1, 0.15) is 40.5 Å². The Hall–Kier alpha value is -1.10. The molecule has 0 aliphatic carbocycles. The van der Waals surface area contributed by atoms with Gasteiger partial charge in [0.1, 0.15) is 0 Å². The molecule has 1 fully saturated rings. The van der Waals surface area contributed by atoms with E-state index in [-0.39, 0.29) is 18.1 Å². The Kier molecular flexibility index (Phi) is 6.28. The summed E-state index contributed by atoms with van der Waals surface area (Å²) in [6.45, 7) is 8.15. The number of ether oxygens (including phenoxy) is 3. The highest BCUT2D eigenvalue weighted by atomic mass is 16.6. The van der Waals surface area contributed by atoms with Gasteiger partial charge in [-0.25, -0.2) is 0 Å². The highest BCUT2D eigenvalue weighted by molar-refractivity contribution is 5.95. The SMILES string of the molecule is CC(C)OC(=O)C(C(=O)OC(C)C)C1CCCOC1. The van der Waals surface area contributed by atoms with Gasteiger partial charge in [0.15, 0.2) is 5.92 Å². The minimum Gasteiger partial charge on any atom is -0.462 e. The molecular formula is C14H24O5. The van der Waals surface area contributed by atoms with Crippen LogP contribution in [0, 0.1) is 11.8 Å². The number of carbonyl (C=O) groups is 2. The molecule has 0 radical (unpaired) electrons. The van der Waals surface area contributed by atoms with Gasteiger partial charge in [0, 0.05) is 12.5 Å². The van der Waals surface area contributed by atoms with Gasteiger partial charge < -0.3 is 14.2 Å². The lowest BCUT2D eigenvalue weighted by molar-refractivity contribution is -0.171. The number of hydrogen-bond donors (Lipinski definition) is 0. The number of rotatable bonds is 5. The molecule has 1 rings (SSSR count). The van der Waals surface area contributed by atoms with E-state index in [0.717, 1.165) is 12.8 Å². The first-order valence-electron chi connectivity index (χ1n) is 6.90. The van der Waals surface area contributed by atoms with Gasteiger partial charge in [-0.2, -0.15) is 0 Å². The van der Waals surface area contributed by atoms with Gasteiger partial charge in [-0.1, -0.05) is 0 Å². The number of hydrogen-bond acceptors (Lipinski definition) is 5. The first-order valence-corrected chi connectivity index (χ1v) is 6.90. The van der Waals surface area contributed by atoms with E-state index >= 15 is 0 Å². The van der Waals surface area contributed by atoms with E-state index < -0.39 is 17.9 Å². The van der Waals surface area contributed by atoms with Crippen molar-refractivity contribution in [3.8, 4) is 0 Å². The van der Waals surface area contributed by atoms with Crippen LogP contribution in [0.15, 0.2) is 0 Å². The Bertz CT molecular complexity index is 283. The maximum absolute atomic E-state index is 12.1. The van der Waals surface area contributed by atoms with Crippen LogP contribution in [0.2, 0.25) is 0 Å². The molecule has 1 atom stereocenters. The normalized spacial score (nSPS) is 19.8. The fraction of sp³-hybridized carbons (Fsp3) is 0.857. The molecule has 0 aromatic rings. The van der Waals surface area contributed by atoms with E-state index in [4.69, 9.17) is 14.2 Å². The van der Waals surface area contributed by atoms with E-state index in [1.54, 1.807) is 27.7 Å². The van der Waals surface area contributed by atoms with Crippen LogP contribution < -0.4 is 0 Å². The average Bonchev–Trinajstić information content (AvgIpc) is 2.28. The zero-order valence-electron chi connectivity index (χ0n) is 12.2. The molecule has 0 saturated carbocycles. The van der Waals surface area contributed by atoms with Crippen LogP contribution >= 0.6 is 0 Å². The summed E-state index contributed by atoms with van der Waals surface area (Å²) in [7, 11) is 0. The maximum atomic E-state index is 12.1. The zero-order valence-corrected chi connectivity index (χ0v) is 12.2. The summed E-state index contributed by atoms with van der Waals surface area (Å²) in [5, 5.41) is 0. The lowest BCUT2D eigenvalue weighted by Crippen LogP contribution is -2.39. The van der Waals surface area contributed by atoms with Crippen LogP contribution in [0.25, 0.3) is 0 Å². The van der Waals surface area contributed by atoms with E-state index in [2.05, 4.69) is 0 Å². The smallest absolute Gasteiger partial charge is 0.320 e. The van der Waals surface area contributed by atoms with Gasteiger partial charge in [-0.3, -0.25) is 9.59 Å². The van der Waals surface area contributed by atoms with Gasteiger partial charge in [-0.05, 0) is 40.5 Å². The maximum Gasteiger partial charge on any atom is 0.320 e. The molecule has 5 nitrogen and oxygen atoms in total. The lowest BCUT2D eigenvalue weighted by Gasteiger charge is -2.28. The van der Waals surface area contributed by atoms with E-state index in [9.17, 15) is 9.59 Å². The molecule has 1 aliphatic heterocycles. The highest BCUT2D eigenvalue weighted by Gasteiger charge is 2.39. The third-order valence-electron chi connectivity index (χ3n) is 2.88. The van der Waals surface area contributed by atoms with Crippen LogP contribution in [-0.2, 0) is 23.8 Å². The first kappa shape index (κ1) is 16.0. The summed E-state index contributed by atoms with van der Waals surface area (Å²) >= 11 is 0. The minimum absolute atomic E-state index is 0.147.